The maximum absolute atomic E-state index is 12.6. The number of anilines is 1. The number of ether oxygens (including phenoxy) is 1. The number of nitriles is 1. The third-order valence-electron chi connectivity index (χ3n) is 4.09. The van der Waals surface area contributed by atoms with Gasteiger partial charge in [0.1, 0.15) is 24.0 Å². The Balaban J connectivity index is 1.74. The molecule has 1 aromatic heterocycles. The number of hydrogen-bond acceptors (Lipinski definition) is 5. The van der Waals surface area contributed by atoms with E-state index in [0.29, 0.717) is 39.5 Å². The van der Waals surface area contributed by atoms with Crippen LogP contribution in [0.25, 0.3) is 6.08 Å². The first-order chi connectivity index (χ1) is 15.0. The molecule has 3 aromatic rings. The van der Waals surface area contributed by atoms with E-state index in [9.17, 15) is 10.1 Å². The van der Waals surface area contributed by atoms with Crippen molar-refractivity contribution < 1.29 is 9.53 Å². The molecule has 2 aromatic carbocycles. The highest BCUT2D eigenvalue weighted by atomic mass is 35.5. The summed E-state index contributed by atoms with van der Waals surface area (Å²) in [5, 5.41) is 13.7. The first-order valence-corrected chi connectivity index (χ1v) is 10.7. The Morgan fingerprint density at radius 3 is 2.87 bits per heavy atom. The molecular weight excluding hydrogens is 453 g/mol. The molecule has 0 radical (unpaired) electrons. The molecule has 0 bridgehead atoms. The summed E-state index contributed by atoms with van der Waals surface area (Å²) >= 11 is 13.6. The second-order valence-electron chi connectivity index (χ2n) is 6.31. The van der Waals surface area contributed by atoms with E-state index in [1.807, 2.05) is 12.1 Å². The SMILES string of the molecule is C=CCOc1ccccc1/C=C(\C#N)C(=O)Nc1ncc(Cc2cc(Cl)ccc2Cl)s1. The van der Waals surface area contributed by atoms with Gasteiger partial charge in [-0.2, -0.15) is 5.26 Å². The van der Waals surface area contributed by atoms with Crippen LogP contribution in [0.5, 0.6) is 5.75 Å². The molecule has 31 heavy (non-hydrogen) atoms. The third-order valence-corrected chi connectivity index (χ3v) is 5.60. The zero-order valence-electron chi connectivity index (χ0n) is 16.3. The van der Waals surface area contributed by atoms with Crippen molar-refractivity contribution in [1.82, 2.24) is 4.98 Å². The van der Waals surface area contributed by atoms with E-state index in [-0.39, 0.29) is 5.57 Å². The fraction of sp³-hybridized carbons (Fsp3) is 0.0870. The fourth-order valence-corrected chi connectivity index (χ4v) is 3.87. The molecule has 0 spiro atoms. The average molecular weight is 470 g/mol. The molecule has 0 aliphatic rings. The van der Waals surface area contributed by atoms with Gasteiger partial charge in [-0.1, -0.05) is 54.1 Å². The molecule has 1 N–H and O–H groups in total. The van der Waals surface area contributed by atoms with E-state index in [1.54, 1.807) is 48.7 Å². The number of nitrogens with one attached hydrogen (secondary N) is 1. The van der Waals surface area contributed by atoms with Crippen LogP contribution in [-0.2, 0) is 11.2 Å². The van der Waals surface area contributed by atoms with E-state index in [0.717, 1.165) is 10.4 Å². The summed E-state index contributed by atoms with van der Waals surface area (Å²) in [5.74, 6) is 0.000553. The molecule has 1 heterocycles. The molecule has 0 saturated heterocycles. The van der Waals surface area contributed by atoms with Gasteiger partial charge in [-0.3, -0.25) is 10.1 Å². The van der Waals surface area contributed by atoms with Crippen LogP contribution >= 0.6 is 34.5 Å². The van der Waals surface area contributed by atoms with Crippen LogP contribution in [0.2, 0.25) is 10.0 Å². The standard InChI is InChI=1S/C23H17Cl2N3O2S/c1-2-9-30-21-6-4-3-5-15(21)10-17(13-26)22(29)28-23-27-14-19(31-23)12-16-11-18(24)7-8-20(16)25/h2-8,10-11,14H,1,9,12H2,(H,27,28,29)/b17-10+. The van der Waals surface area contributed by atoms with E-state index in [1.165, 1.54) is 17.4 Å². The van der Waals surface area contributed by atoms with Crippen molar-refractivity contribution >= 4 is 51.7 Å². The number of carbonyl (C=O) groups excluding carboxylic acids is 1. The van der Waals surface area contributed by atoms with Crippen LogP contribution in [0.15, 0.2) is 66.9 Å². The lowest BCUT2D eigenvalue weighted by Crippen LogP contribution is -2.13. The first kappa shape index (κ1) is 22.6. The number of nitrogens with zero attached hydrogens (tertiary/aromatic N) is 2. The second kappa shape index (κ2) is 10.8. The van der Waals surface area contributed by atoms with Gasteiger partial charge in [-0.05, 0) is 35.9 Å². The molecule has 8 heteroatoms. The number of hydrogen-bond donors (Lipinski definition) is 1. The molecule has 5 nitrogen and oxygen atoms in total. The smallest absolute Gasteiger partial charge is 0.268 e. The molecule has 0 saturated carbocycles. The molecule has 0 unspecified atom stereocenters. The average Bonchev–Trinajstić information content (AvgIpc) is 3.20. The lowest BCUT2D eigenvalue weighted by molar-refractivity contribution is -0.112. The number of halogens is 2. The first-order valence-electron chi connectivity index (χ1n) is 9.14. The molecular formula is C23H17Cl2N3O2S. The van der Waals surface area contributed by atoms with E-state index < -0.39 is 5.91 Å². The van der Waals surface area contributed by atoms with Gasteiger partial charge in [-0.15, -0.1) is 11.3 Å². The molecule has 3 rings (SSSR count). The van der Waals surface area contributed by atoms with Gasteiger partial charge in [0.25, 0.3) is 5.91 Å². The van der Waals surface area contributed by atoms with Crippen molar-refractivity contribution in [3.05, 3.63) is 92.9 Å². The van der Waals surface area contributed by atoms with Gasteiger partial charge in [0.15, 0.2) is 5.13 Å². The van der Waals surface area contributed by atoms with Gasteiger partial charge >= 0.3 is 0 Å². The predicted octanol–water partition coefficient (Wildman–Crippen LogP) is 6.15. The second-order valence-corrected chi connectivity index (χ2v) is 8.26. The Morgan fingerprint density at radius 1 is 1.29 bits per heavy atom. The van der Waals surface area contributed by atoms with Crippen LogP contribution in [0, 0.1) is 11.3 Å². The number of aromatic nitrogens is 1. The monoisotopic (exact) mass is 469 g/mol. The topological polar surface area (TPSA) is 75.0 Å². The van der Waals surface area contributed by atoms with Crippen LogP contribution in [-0.4, -0.2) is 17.5 Å². The highest BCUT2D eigenvalue weighted by Crippen LogP contribution is 2.27. The highest BCUT2D eigenvalue weighted by molar-refractivity contribution is 7.15. The highest BCUT2D eigenvalue weighted by Gasteiger charge is 2.14. The number of rotatable bonds is 8. The van der Waals surface area contributed by atoms with Gasteiger partial charge < -0.3 is 4.74 Å². The Morgan fingerprint density at radius 2 is 2.10 bits per heavy atom. The zero-order valence-corrected chi connectivity index (χ0v) is 18.6. The number of para-hydroxylation sites is 1. The third kappa shape index (κ3) is 6.19. The molecule has 156 valence electrons. The van der Waals surface area contributed by atoms with Crippen molar-refractivity contribution in [1.29, 1.82) is 5.26 Å². The summed E-state index contributed by atoms with van der Waals surface area (Å²) in [7, 11) is 0. The van der Waals surface area contributed by atoms with Crippen LogP contribution in [0.4, 0.5) is 5.13 Å². The molecule has 0 fully saturated rings. The van der Waals surface area contributed by atoms with Gasteiger partial charge in [-0.25, -0.2) is 4.98 Å². The van der Waals surface area contributed by atoms with E-state index in [4.69, 9.17) is 27.9 Å². The minimum atomic E-state index is -0.553. The predicted molar refractivity (Wildman–Crippen MR) is 126 cm³/mol. The number of amides is 1. The minimum Gasteiger partial charge on any atom is -0.489 e. The summed E-state index contributed by atoms with van der Waals surface area (Å²) in [4.78, 5) is 17.7. The lowest BCUT2D eigenvalue weighted by Gasteiger charge is -2.07. The molecule has 1 amide bonds. The number of benzene rings is 2. The maximum atomic E-state index is 12.6. The van der Waals surface area contributed by atoms with Crippen molar-refractivity contribution in [3.8, 4) is 11.8 Å². The lowest BCUT2D eigenvalue weighted by atomic mass is 10.1. The Bertz CT molecular complexity index is 1180. The van der Waals surface area contributed by atoms with Crippen molar-refractivity contribution in [2.45, 2.75) is 6.42 Å². The van der Waals surface area contributed by atoms with Crippen LogP contribution < -0.4 is 10.1 Å². The quantitative estimate of drug-likeness (QED) is 0.243. The number of carbonyl (C=O) groups is 1. The summed E-state index contributed by atoms with van der Waals surface area (Å²) in [5.41, 5.74) is 1.42. The van der Waals surface area contributed by atoms with Gasteiger partial charge in [0, 0.05) is 33.1 Å². The molecule has 0 aliphatic carbocycles. The van der Waals surface area contributed by atoms with Crippen LogP contribution in [0.3, 0.4) is 0 Å². The minimum absolute atomic E-state index is 0.0655. The molecule has 0 atom stereocenters. The normalized spacial score (nSPS) is 10.9. The Labute approximate surface area is 194 Å². The van der Waals surface area contributed by atoms with Gasteiger partial charge in [0.2, 0.25) is 0 Å². The number of thiazole rings is 1. The van der Waals surface area contributed by atoms with Crippen molar-refractivity contribution in [3.63, 3.8) is 0 Å². The fourth-order valence-electron chi connectivity index (χ4n) is 2.66. The van der Waals surface area contributed by atoms with E-state index in [2.05, 4.69) is 16.9 Å². The van der Waals surface area contributed by atoms with Crippen LogP contribution in [0.1, 0.15) is 16.0 Å². The Kier molecular flexibility index (Phi) is 7.85. The summed E-state index contributed by atoms with van der Waals surface area (Å²) < 4.78 is 5.57. The van der Waals surface area contributed by atoms with Crippen molar-refractivity contribution in [2.75, 3.05) is 11.9 Å². The molecule has 0 aliphatic heterocycles. The summed E-state index contributed by atoms with van der Waals surface area (Å²) in [6.45, 7) is 3.94. The van der Waals surface area contributed by atoms with Crippen molar-refractivity contribution in [2.24, 2.45) is 0 Å². The zero-order chi connectivity index (χ0) is 22.2. The summed E-state index contributed by atoms with van der Waals surface area (Å²) in [6, 6.07) is 14.3. The van der Waals surface area contributed by atoms with E-state index >= 15 is 0 Å². The maximum Gasteiger partial charge on any atom is 0.268 e. The Hall–Kier alpha value is -3.11. The largest absolute Gasteiger partial charge is 0.489 e. The van der Waals surface area contributed by atoms with Gasteiger partial charge in [0.05, 0.1) is 0 Å². The summed E-state index contributed by atoms with van der Waals surface area (Å²) in [6.07, 6.45) is 5.29.